The number of benzene rings is 2. The molecule has 2 aromatic carbocycles. The third kappa shape index (κ3) is 4.87. The Balaban J connectivity index is 1.84. The van der Waals surface area contributed by atoms with Gasteiger partial charge >= 0.3 is 0 Å². The summed E-state index contributed by atoms with van der Waals surface area (Å²) in [5.41, 5.74) is 4.14. The fourth-order valence-corrected chi connectivity index (χ4v) is 2.24. The lowest BCUT2D eigenvalue weighted by Gasteiger charge is -2.08. The van der Waals surface area contributed by atoms with E-state index in [2.05, 4.69) is 15.8 Å². The Kier molecular flexibility index (Phi) is 6.00. The molecule has 0 saturated heterocycles. The molecule has 2 aromatic rings. The molecule has 0 saturated carbocycles. The number of hydrazone groups is 1. The van der Waals surface area contributed by atoms with Crippen molar-refractivity contribution in [2.24, 2.45) is 5.10 Å². The van der Waals surface area contributed by atoms with E-state index in [1.54, 1.807) is 36.4 Å². The van der Waals surface area contributed by atoms with E-state index in [0.29, 0.717) is 27.3 Å². The highest BCUT2D eigenvalue weighted by Crippen LogP contribution is 2.20. The third-order valence-electron chi connectivity index (χ3n) is 2.76. The van der Waals surface area contributed by atoms with Crippen molar-refractivity contribution in [1.82, 2.24) is 10.7 Å². The number of nitrogens with zero attached hydrogens (tertiary/aromatic N) is 1. The molecule has 0 aliphatic rings. The zero-order chi connectivity index (χ0) is 15.9. The summed E-state index contributed by atoms with van der Waals surface area (Å²) >= 11 is 17.0. The van der Waals surface area contributed by atoms with Crippen molar-refractivity contribution in [2.75, 3.05) is 0 Å². The highest BCUT2D eigenvalue weighted by Gasteiger charge is 2.02. The molecule has 2 rings (SSSR count). The van der Waals surface area contributed by atoms with Crippen molar-refractivity contribution in [3.05, 3.63) is 63.6 Å². The molecule has 0 radical (unpaired) electrons. The van der Waals surface area contributed by atoms with Crippen LogP contribution in [-0.4, -0.2) is 16.4 Å². The molecule has 0 atom stereocenters. The maximum absolute atomic E-state index is 9.59. The van der Waals surface area contributed by atoms with E-state index in [0.717, 1.165) is 5.56 Å². The third-order valence-corrected chi connectivity index (χ3v) is 3.58. The second-order valence-electron chi connectivity index (χ2n) is 4.35. The fraction of sp³-hybridized carbons (Fsp3) is 0.0667. The predicted octanol–water partition coefficient (Wildman–Crippen LogP) is 3.70. The number of hydrogen-bond donors (Lipinski definition) is 3. The molecule has 0 amide bonds. The van der Waals surface area contributed by atoms with Gasteiger partial charge in [-0.3, -0.25) is 5.43 Å². The first-order valence-corrected chi connectivity index (χ1v) is 7.51. The fourth-order valence-electron chi connectivity index (χ4n) is 1.64. The van der Waals surface area contributed by atoms with Crippen LogP contribution in [0, 0.1) is 0 Å². The quantitative estimate of drug-likeness (QED) is 0.445. The van der Waals surface area contributed by atoms with Crippen LogP contribution in [-0.2, 0) is 6.54 Å². The Labute approximate surface area is 143 Å². The van der Waals surface area contributed by atoms with E-state index < -0.39 is 0 Å². The van der Waals surface area contributed by atoms with Crippen molar-refractivity contribution in [1.29, 1.82) is 0 Å². The van der Waals surface area contributed by atoms with E-state index >= 15 is 0 Å². The molecule has 7 heteroatoms. The molecule has 3 N–H and O–H groups in total. The summed E-state index contributed by atoms with van der Waals surface area (Å²) in [5, 5.41) is 18.0. The highest BCUT2D eigenvalue weighted by molar-refractivity contribution is 7.80. The molecule has 0 heterocycles. The molecule has 0 aliphatic heterocycles. The minimum Gasteiger partial charge on any atom is -0.507 e. The van der Waals surface area contributed by atoms with Gasteiger partial charge in [0.1, 0.15) is 5.75 Å². The molecule has 0 bridgehead atoms. The van der Waals surface area contributed by atoms with Crippen molar-refractivity contribution < 1.29 is 5.11 Å². The highest BCUT2D eigenvalue weighted by atomic mass is 35.5. The molecular formula is C15H13Cl2N3OS. The summed E-state index contributed by atoms with van der Waals surface area (Å²) in [5.74, 6) is 0.153. The molecule has 4 nitrogen and oxygen atoms in total. The lowest BCUT2D eigenvalue weighted by molar-refractivity contribution is 0.474. The van der Waals surface area contributed by atoms with Gasteiger partial charge in [-0.05, 0) is 42.0 Å². The standard InChI is InChI=1S/C15H13Cl2N3OS/c16-12-6-5-10(13(17)7-12)8-18-15(22)20-19-9-11-3-1-2-4-14(11)21/h1-7,9,21H,8H2,(H2,18,20,22)/b19-9+. The Morgan fingerprint density at radius 3 is 2.73 bits per heavy atom. The SMILES string of the molecule is Oc1ccccc1/C=N/NC(=S)NCc1ccc(Cl)cc1Cl. The van der Waals surface area contributed by atoms with Crippen molar-refractivity contribution in [3.8, 4) is 5.75 Å². The first-order valence-electron chi connectivity index (χ1n) is 6.35. The van der Waals surface area contributed by atoms with Gasteiger partial charge in [0.25, 0.3) is 0 Å². The van der Waals surface area contributed by atoms with Crippen molar-refractivity contribution >= 4 is 46.7 Å². The topological polar surface area (TPSA) is 56.7 Å². The Bertz CT molecular complexity index is 707. The molecule has 0 spiro atoms. The van der Waals surface area contributed by atoms with Crippen LogP contribution in [0.15, 0.2) is 47.6 Å². The average Bonchev–Trinajstić information content (AvgIpc) is 2.48. The van der Waals surface area contributed by atoms with Gasteiger partial charge in [0.05, 0.1) is 6.21 Å². The largest absolute Gasteiger partial charge is 0.507 e. The molecule has 114 valence electrons. The Hall–Kier alpha value is -1.82. The maximum Gasteiger partial charge on any atom is 0.187 e. The van der Waals surface area contributed by atoms with Crippen LogP contribution in [0.4, 0.5) is 0 Å². The van der Waals surface area contributed by atoms with Crippen molar-refractivity contribution in [2.45, 2.75) is 6.54 Å². The number of halogens is 2. The van der Waals surface area contributed by atoms with E-state index in [-0.39, 0.29) is 5.75 Å². The molecule has 0 aromatic heterocycles. The van der Waals surface area contributed by atoms with Gasteiger partial charge in [-0.25, -0.2) is 0 Å². The zero-order valence-electron chi connectivity index (χ0n) is 11.4. The summed E-state index contributed by atoms with van der Waals surface area (Å²) in [4.78, 5) is 0. The van der Waals surface area contributed by atoms with Crippen LogP contribution in [0.3, 0.4) is 0 Å². The van der Waals surface area contributed by atoms with E-state index in [4.69, 9.17) is 35.4 Å². The Morgan fingerprint density at radius 1 is 1.23 bits per heavy atom. The molecule has 0 fully saturated rings. The van der Waals surface area contributed by atoms with Crippen LogP contribution in [0.1, 0.15) is 11.1 Å². The van der Waals surface area contributed by atoms with Gasteiger partial charge in [-0.2, -0.15) is 5.10 Å². The van der Waals surface area contributed by atoms with Crippen LogP contribution in [0.2, 0.25) is 10.0 Å². The van der Waals surface area contributed by atoms with Gasteiger partial charge < -0.3 is 10.4 Å². The number of phenolic OH excluding ortho intramolecular Hbond substituents is 1. The molecule has 0 unspecified atom stereocenters. The lowest BCUT2D eigenvalue weighted by Crippen LogP contribution is -2.31. The lowest BCUT2D eigenvalue weighted by atomic mass is 10.2. The molecule has 22 heavy (non-hydrogen) atoms. The average molecular weight is 354 g/mol. The van der Waals surface area contributed by atoms with Crippen LogP contribution >= 0.6 is 35.4 Å². The van der Waals surface area contributed by atoms with Crippen LogP contribution in [0.25, 0.3) is 0 Å². The minimum absolute atomic E-state index is 0.153. The number of phenols is 1. The summed E-state index contributed by atoms with van der Waals surface area (Å²) in [7, 11) is 0. The smallest absolute Gasteiger partial charge is 0.187 e. The monoisotopic (exact) mass is 353 g/mol. The number of hydrogen-bond acceptors (Lipinski definition) is 3. The number of nitrogens with one attached hydrogen (secondary N) is 2. The van der Waals surface area contributed by atoms with Gasteiger partial charge in [-0.15, -0.1) is 0 Å². The van der Waals surface area contributed by atoms with E-state index in [9.17, 15) is 5.11 Å². The van der Waals surface area contributed by atoms with Gasteiger partial charge in [0.2, 0.25) is 0 Å². The van der Waals surface area contributed by atoms with Crippen molar-refractivity contribution in [3.63, 3.8) is 0 Å². The van der Waals surface area contributed by atoms with Crippen LogP contribution < -0.4 is 10.7 Å². The summed E-state index contributed by atoms with van der Waals surface area (Å²) in [6.07, 6.45) is 1.48. The predicted molar refractivity (Wildman–Crippen MR) is 94.7 cm³/mol. The number of rotatable bonds is 4. The van der Waals surface area contributed by atoms with E-state index in [1.165, 1.54) is 6.21 Å². The minimum atomic E-state index is 0.153. The number of aromatic hydroxyl groups is 1. The summed E-state index contributed by atoms with van der Waals surface area (Å²) < 4.78 is 0. The van der Waals surface area contributed by atoms with Crippen LogP contribution in [0.5, 0.6) is 5.75 Å². The van der Waals surface area contributed by atoms with Gasteiger partial charge in [0.15, 0.2) is 5.11 Å². The zero-order valence-corrected chi connectivity index (χ0v) is 13.7. The molecular weight excluding hydrogens is 341 g/mol. The summed E-state index contributed by atoms with van der Waals surface area (Å²) in [6, 6.07) is 12.1. The second kappa shape index (κ2) is 7.98. The first kappa shape index (κ1) is 16.5. The maximum atomic E-state index is 9.59. The normalized spacial score (nSPS) is 10.6. The first-order chi connectivity index (χ1) is 10.6. The number of para-hydroxylation sites is 1. The van der Waals surface area contributed by atoms with E-state index in [1.807, 2.05) is 6.07 Å². The second-order valence-corrected chi connectivity index (χ2v) is 5.60. The molecule has 0 aliphatic carbocycles. The van der Waals surface area contributed by atoms with Gasteiger partial charge in [-0.1, -0.05) is 41.4 Å². The van der Waals surface area contributed by atoms with Gasteiger partial charge in [0, 0.05) is 22.2 Å². The summed E-state index contributed by atoms with van der Waals surface area (Å²) in [6.45, 7) is 0.452. The number of thiocarbonyl (C=S) groups is 1. The Morgan fingerprint density at radius 2 is 2.00 bits per heavy atom.